The van der Waals surface area contributed by atoms with Crippen LogP contribution in [0.25, 0.3) is 0 Å². The lowest BCUT2D eigenvalue weighted by Gasteiger charge is -2.39. The number of likely N-dealkylation sites (tertiary alicyclic amines) is 2. The molecular weight excluding hydrogens is 290 g/mol. The van der Waals surface area contributed by atoms with Crippen LogP contribution in [0.5, 0.6) is 0 Å². The maximum absolute atomic E-state index is 6.34. The monoisotopic (exact) mass is 319 g/mol. The maximum atomic E-state index is 6.34. The van der Waals surface area contributed by atoms with Gasteiger partial charge in [0.05, 0.1) is 17.9 Å². The highest BCUT2D eigenvalue weighted by molar-refractivity contribution is 5.20. The standard InChI is InChI=1S/C18H29N3O2/c1-14-17(15(2)23-19-14)12-20-9-5-18(6-10-20)11-16(13-22-18)21-7-3-4-8-21/h16H,3-13H2,1-2H3. The lowest BCUT2D eigenvalue weighted by atomic mass is 9.87. The molecule has 5 nitrogen and oxygen atoms in total. The molecule has 3 aliphatic heterocycles. The molecule has 0 amide bonds. The molecule has 0 aliphatic carbocycles. The van der Waals surface area contributed by atoms with Crippen LogP contribution in [0.15, 0.2) is 4.52 Å². The SMILES string of the molecule is Cc1noc(C)c1CN1CCC2(CC1)CC(N1CCCC1)CO2. The number of aryl methyl sites for hydroxylation is 2. The summed E-state index contributed by atoms with van der Waals surface area (Å²) < 4.78 is 11.6. The number of rotatable bonds is 3. The van der Waals surface area contributed by atoms with E-state index in [0.29, 0.717) is 6.04 Å². The summed E-state index contributed by atoms with van der Waals surface area (Å²) in [5.41, 5.74) is 2.46. The predicted molar refractivity (Wildman–Crippen MR) is 88.4 cm³/mol. The van der Waals surface area contributed by atoms with Gasteiger partial charge in [-0.05, 0) is 59.0 Å². The Labute approximate surface area is 138 Å². The van der Waals surface area contributed by atoms with Crippen LogP contribution in [0.4, 0.5) is 0 Å². The Kier molecular flexibility index (Phi) is 4.20. The molecule has 3 fully saturated rings. The summed E-state index contributed by atoms with van der Waals surface area (Å²) >= 11 is 0. The summed E-state index contributed by atoms with van der Waals surface area (Å²) in [4.78, 5) is 5.19. The smallest absolute Gasteiger partial charge is 0.138 e. The van der Waals surface area contributed by atoms with Crippen LogP contribution in [0, 0.1) is 13.8 Å². The molecule has 1 atom stereocenters. The lowest BCUT2D eigenvalue weighted by Crippen LogP contribution is -2.44. The first-order valence-electron chi connectivity index (χ1n) is 9.17. The molecule has 0 aromatic carbocycles. The topological polar surface area (TPSA) is 41.7 Å². The summed E-state index contributed by atoms with van der Waals surface area (Å²) in [7, 11) is 0. The fraction of sp³-hybridized carbons (Fsp3) is 0.833. The van der Waals surface area contributed by atoms with Crippen molar-refractivity contribution in [3.05, 3.63) is 17.0 Å². The molecule has 3 aliphatic rings. The molecule has 0 radical (unpaired) electrons. The fourth-order valence-corrected chi connectivity index (χ4v) is 4.58. The Bertz CT molecular complexity index is 523. The van der Waals surface area contributed by atoms with Crippen molar-refractivity contribution in [1.82, 2.24) is 15.0 Å². The molecule has 1 unspecified atom stereocenters. The van der Waals surface area contributed by atoms with Crippen LogP contribution < -0.4 is 0 Å². The molecule has 23 heavy (non-hydrogen) atoms. The first kappa shape index (κ1) is 15.6. The Morgan fingerprint density at radius 2 is 1.87 bits per heavy atom. The van der Waals surface area contributed by atoms with Crippen molar-refractivity contribution < 1.29 is 9.26 Å². The van der Waals surface area contributed by atoms with E-state index >= 15 is 0 Å². The summed E-state index contributed by atoms with van der Waals surface area (Å²) in [5, 5.41) is 4.07. The number of hydrogen-bond acceptors (Lipinski definition) is 5. The Morgan fingerprint density at radius 1 is 1.13 bits per heavy atom. The zero-order chi connectivity index (χ0) is 15.9. The van der Waals surface area contributed by atoms with Crippen LogP contribution in [0.1, 0.15) is 49.1 Å². The molecule has 128 valence electrons. The molecular formula is C18H29N3O2. The second-order valence-corrected chi connectivity index (χ2v) is 7.67. The van der Waals surface area contributed by atoms with Gasteiger partial charge in [0.25, 0.3) is 0 Å². The molecule has 4 heterocycles. The number of ether oxygens (including phenoxy) is 1. The summed E-state index contributed by atoms with van der Waals surface area (Å²) in [6.07, 6.45) is 6.32. The summed E-state index contributed by atoms with van der Waals surface area (Å²) in [6, 6.07) is 0.673. The summed E-state index contributed by atoms with van der Waals surface area (Å²) in [6.45, 7) is 10.8. The van der Waals surface area contributed by atoms with Crippen molar-refractivity contribution in [3.8, 4) is 0 Å². The van der Waals surface area contributed by atoms with Gasteiger partial charge in [0.1, 0.15) is 5.76 Å². The molecule has 1 aromatic rings. The highest BCUT2D eigenvalue weighted by Crippen LogP contribution is 2.38. The number of piperidine rings is 1. The molecule has 3 saturated heterocycles. The second-order valence-electron chi connectivity index (χ2n) is 7.67. The van der Waals surface area contributed by atoms with Gasteiger partial charge < -0.3 is 9.26 Å². The van der Waals surface area contributed by atoms with E-state index in [-0.39, 0.29) is 5.60 Å². The van der Waals surface area contributed by atoms with E-state index in [4.69, 9.17) is 9.26 Å². The average molecular weight is 319 g/mol. The maximum Gasteiger partial charge on any atom is 0.138 e. The fourth-order valence-electron chi connectivity index (χ4n) is 4.58. The first-order chi connectivity index (χ1) is 11.2. The molecule has 1 aromatic heterocycles. The van der Waals surface area contributed by atoms with E-state index in [2.05, 4.69) is 15.0 Å². The average Bonchev–Trinajstić information content (AvgIpc) is 3.27. The van der Waals surface area contributed by atoms with E-state index < -0.39 is 0 Å². The van der Waals surface area contributed by atoms with Gasteiger partial charge in [0.15, 0.2) is 0 Å². The van der Waals surface area contributed by atoms with Gasteiger partial charge >= 0.3 is 0 Å². The lowest BCUT2D eigenvalue weighted by molar-refractivity contribution is -0.0453. The Balaban J connectivity index is 1.32. The molecule has 4 rings (SSSR count). The second kappa shape index (κ2) is 6.19. The van der Waals surface area contributed by atoms with Gasteiger partial charge in [0, 0.05) is 31.2 Å². The van der Waals surface area contributed by atoms with E-state index in [1.165, 1.54) is 50.8 Å². The highest BCUT2D eigenvalue weighted by atomic mass is 16.5. The predicted octanol–water partition coefficient (Wildman–Crippen LogP) is 2.51. The van der Waals surface area contributed by atoms with Crippen molar-refractivity contribution in [3.63, 3.8) is 0 Å². The number of nitrogens with zero attached hydrogens (tertiary/aromatic N) is 3. The normalized spacial score (nSPS) is 28.9. The van der Waals surface area contributed by atoms with Gasteiger partial charge in [-0.2, -0.15) is 0 Å². The van der Waals surface area contributed by atoms with Crippen LogP contribution in [0.3, 0.4) is 0 Å². The van der Waals surface area contributed by atoms with Crippen molar-refractivity contribution in [1.29, 1.82) is 0 Å². The highest BCUT2D eigenvalue weighted by Gasteiger charge is 2.44. The van der Waals surface area contributed by atoms with Crippen molar-refractivity contribution in [2.75, 3.05) is 32.8 Å². The van der Waals surface area contributed by atoms with E-state index in [9.17, 15) is 0 Å². The van der Waals surface area contributed by atoms with Gasteiger partial charge in [-0.15, -0.1) is 0 Å². The van der Waals surface area contributed by atoms with Gasteiger partial charge in [0.2, 0.25) is 0 Å². The van der Waals surface area contributed by atoms with Crippen molar-refractivity contribution in [2.24, 2.45) is 0 Å². The van der Waals surface area contributed by atoms with Gasteiger partial charge in [-0.3, -0.25) is 9.80 Å². The Morgan fingerprint density at radius 3 is 2.52 bits per heavy atom. The quantitative estimate of drug-likeness (QED) is 0.856. The minimum absolute atomic E-state index is 0.155. The van der Waals surface area contributed by atoms with E-state index in [0.717, 1.165) is 37.7 Å². The van der Waals surface area contributed by atoms with Gasteiger partial charge in [-0.25, -0.2) is 0 Å². The van der Waals surface area contributed by atoms with E-state index in [1.54, 1.807) is 0 Å². The third-order valence-corrected chi connectivity index (χ3v) is 6.18. The molecule has 5 heteroatoms. The third-order valence-electron chi connectivity index (χ3n) is 6.18. The summed E-state index contributed by atoms with van der Waals surface area (Å²) in [5.74, 6) is 0.967. The molecule has 0 saturated carbocycles. The van der Waals surface area contributed by atoms with Gasteiger partial charge in [-0.1, -0.05) is 5.16 Å². The number of hydrogen-bond donors (Lipinski definition) is 0. The van der Waals surface area contributed by atoms with Crippen LogP contribution >= 0.6 is 0 Å². The van der Waals surface area contributed by atoms with Crippen molar-refractivity contribution >= 4 is 0 Å². The Hall–Kier alpha value is -0.910. The van der Waals surface area contributed by atoms with E-state index in [1.807, 2.05) is 13.8 Å². The first-order valence-corrected chi connectivity index (χ1v) is 9.17. The van der Waals surface area contributed by atoms with Crippen LogP contribution in [0.2, 0.25) is 0 Å². The van der Waals surface area contributed by atoms with Crippen LogP contribution in [-0.4, -0.2) is 59.4 Å². The minimum Gasteiger partial charge on any atom is -0.373 e. The molecule has 1 spiro atoms. The molecule has 0 N–H and O–H groups in total. The molecule has 0 bridgehead atoms. The number of aromatic nitrogens is 1. The largest absolute Gasteiger partial charge is 0.373 e. The van der Waals surface area contributed by atoms with Crippen LogP contribution in [-0.2, 0) is 11.3 Å². The zero-order valence-electron chi connectivity index (χ0n) is 14.5. The van der Waals surface area contributed by atoms with Crippen molar-refractivity contribution in [2.45, 2.75) is 64.1 Å². The minimum atomic E-state index is 0.155. The third kappa shape index (κ3) is 3.06. The zero-order valence-corrected chi connectivity index (χ0v) is 14.5.